The molecule has 27 heavy (non-hydrogen) atoms. The van der Waals surface area contributed by atoms with Crippen molar-refractivity contribution < 1.29 is 9.53 Å². The number of carbonyl (C=O) groups is 1. The van der Waals surface area contributed by atoms with Crippen molar-refractivity contribution in [1.82, 2.24) is 4.98 Å². The van der Waals surface area contributed by atoms with E-state index in [0.717, 1.165) is 36.0 Å². The van der Waals surface area contributed by atoms with Gasteiger partial charge in [-0.1, -0.05) is 61.1 Å². The fourth-order valence-corrected chi connectivity index (χ4v) is 3.34. The quantitative estimate of drug-likeness (QED) is 0.501. The zero-order valence-corrected chi connectivity index (χ0v) is 16.1. The SMILES string of the molecule is CCCCNc1nc(COc2ccccc2)c(C(=O)Nc2ccccc2)s1. The predicted molar refractivity (Wildman–Crippen MR) is 111 cm³/mol. The first-order valence-corrected chi connectivity index (χ1v) is 9.85. The van der Waals surface area contributed by atoms with Gasteiger partial charge >= 0.3 is 0 Å². The Hall–Kier alpha value is -2.86. The van der Waals surface area contributed by atoms with E-state index in [0.29, 0.717) is 10.6 Å². The van der Waals surface area contributed by atoms with Crippen LogP contribution in [-0.2, 0) is 6.61 Å². The molecule has 2 aromatic carbocycles. The van der Waals surface area contributed by atoms with E-state index in [1.54, 1.807) is 0 Å². The first-order chi connectivity index (χ1) is 13.3. The number of anilines is 2. The van der Waals surface area contributed by atoms with Crippen LogP contribution in [0.1, 0.15) is 35.1 Å². The summed E-state index contributed by atoms with van der Waals surface area (Å²) in [4.78, 5) is 17.9. The summed E-state index contributed by atoms with van der Waals surface area (Å²) >= 11 is 1.36. The smallest absolute Gasteiger partial charge is 0.267 e. The Kier molecular flexibility index (Phi) is 6.82. The predicted octanol–water partition coefficient (Wildman–Crippen LogP) is 5.19. The maximum Gasteiger partial charge on any atom is 0.267 e. The summed E-state index contributed by atoms with van der Waals surface area (Å²) in [5.74, 6) is 0.578. The molecule has 0 radical (unpaired) electrons. The molecule has 0 saturated carbocycles. The Morgan fingerprint density at radius 1 is 1.07 bits per heavy atom. The third kappa shape index (κ3) is 5.56. The van der Waals surface area contributed by atoms with Crippen LogP contribution >= 0.6 is 11.3 Å². The zero-order valence-electron chi connectivity index (χ0n) is 15.3. The van der Waals surface area contributed by atoms with E-state index in [9.17, 15) is 4.79 Å². The Morgan fingerprint density at radius 3 is 2.48 bits per heavy atom. The van der Waals surface area contributed by atoms with Crippen molar-refractivity contribution in [1.29, 1.82) is 0 Å². The monoisotopic (exact) mass is 381 g/mol. The molecular formula is C21H23N3O2S. The number of amides is 1. The molecule has 0 unspecified atom stereocenters. The van der Waals surface area contributed by atoms with Crippen LogP contribution in [0.3, 0.4) is 0 Å². The fourth-order valence-electron chi connectivity index (χ4n) is 2.45. The molecule has 2 N–H and O–H groups in total. The molecule has 0 atom stereocenters. The van der Waals surface area contributed by atoms with Gasteiger partial charge in [0.25, 0.3) is 5.91 Å². The minimum Gasteiger partial charge on any atom is -0.487 e. The van der Waals surface area contributed by atoms with Crippen LogP contribution < -0.4 is 15.4 Å². The second-order valence-corrected chi connectivity index (χ2v) is 7.00. The molecule has 1 aromatic heterocycles. The number of nitrogens with one attached hydrogen (secondary N) is 2. The average molecular weight is 382 g/mol. The Balaban J connectivity index is 1.75. The zero-order chi connectivity index (χ0) is 18.9. The maximum absolute atomic E-state index is 12.8. The first-order valence-electron chi connectivity index (χ1n) is 9.04. The van der Waals surface area contributed by atoms with E-state index in [2.05, 4.69) is 22.5 Å². The minimum absolute atomic E-state index is 0.172. The lowest BCUT2D eigenvalue weighted by Gasteiger charge is -2.07. The van der Waals surface area contributed by atoms with Crippen LogP contribution in [-0.4, -0.2) is 17.4 Å². The molecule has 3 rings (SSSR count). The highest BCUT2D eigenvalue weighted by Crippen LogP contribution is 2.26. The van der Waals surface area contributed by atoms with Gasteiger partial charge in [-0.25, -0.2) is 4.98 Å². The van der Waals surface area contributed by atoms with Gasteiger partial charge in [0.15, 0.2) is 5.13 Å². The molecule has 0 spiro atoms. The summed E-state index contributed by atoms with van der Waals surface area (Å²) in [6, 6.07) is 18.9. The highest BCUT2D eigenvalue weighted by atomic mass is 32.1. The van der Waals surface area contributed by atoms with Gasteiger partial charge in [0.1, 0.15) is 22.9 Å². The van der Waals surface area contributed by atoms with Gasteiger partial charge in [-0.15, -0.1) is 0 Å². The molecule has 0 saturated heterocycles. The fraction of sp³-hybridized carbons (Fsp3) is 0.238. The Labute approximate surface area is 163 Å². The lowest BCUT2D eigenvalue weighted by Crippen LogP contribution is -2.13. The largest absolute Gasteiger partial charge is 0.487 e. The molecule has 0 aliphatic carbocycles. The molecule has 0 fully saturated rings. The van der Waals surface area contributed by atoms with E-state index < -0.39 is 0 Å². The van der Waals surface area contributed by atoms with E-state index in [1.807, 2.05) is 60.7 Å². The minimum atomic E-state index is -0.172. The number of unbranched alkanes of at least 4 members (excludes halogenated alkanes) is 1. The maximum atomic E-state index is 12.8. The molecular weight excluding hydrogens is 358 g/mol. The number of thiazole rings is 1. The number of rotatable bonds is 9. The van der Waals surface area contributed by atoms with Crippen molar-refractivity contribution in [2.24, 2.45) is 0 Å². The van der Waals surface area contributed by atoms with Gasteiger partial charge in [0, 0.05) is 12.2 Å². The summed E-state index contributed by atoms with van der Waals surface area (Å²) < 4.78 is 5.81. The first kappa shape index (κ1) is 18.9. The summed E-state index contributed by atoms with van der Waals surface area (Å²) in [5.41, 5.74) is 1.39. The standard InChI is InChI=1S/C21H23N3O2S/c1-2-3-14-22-21-24-18(15-26-17-12-8-5-9-13-17)19(27-21)20(25)23-16-10-6-4-7-11-16/h4-13H,2-3,14-15H2,1H3,(H,22,24)(H,23,25). The van der Waals surface area contributed by atoms with Crippen molar-refractivity contribution in [2.75, 3.05) is 17.2 Å². The number of hydrogen-bond donors (Lipinski definition) is 2. The van der Waals surface area contributed by atoms with Crippen LogP contribution in [0.5, 0.6) is 5.75 Å². The number of hydrogen-bond acceptors (Lipinski definition) is 5. The van der Waals surface area contributed by atoms with Crippen LogP contribution in [0, 0.1) is 0 Å². The summed E-state index contributed by atoms with van der Waals surface area (Å²) in [5, 5.41) is 6.96. The molecule has 0 aliphatic rings. The van der Waals surface area contributed by atoms with Crippen molar-refractivity contribution >= 4 is 28.1 Å². The van der Waals surface area contributed by atoms with Crippen molar-refractivity contribution in [3.63, 3.8) is 0 Å². The number of carbonyl (C=O) groups excluding carboxylic acids is 1. The normalized spacial score (nSPS) is 10.4. The van der Waals surface area contributed by atoms with Crippen LogP contribution in [0.4, 0.5) is 10.8 Å². The number of ether oxygens (including phenoxy) is 1. The third-order valence-electron chi connectivity index (χ3n) is 3.86. The summed E-state index contributed by atoms with van der Waals surface area (Å²) in [6.45, 7) is 3.22. The van der Waals surface area contributed by atoms with Crippen LogP contribution in [0.25, 0.3) is 0 Å². The van der Waals surface area contributed by atoms with Gasteiger partial charge < -0.3 is 15.4 Å². The molecule has 1 amide bonds. The molecule has 140 valence electrons. The molecule has 3 aromatic rings. The summed E-state index contributed by atoms with van der Waals surface area (Å²) in [6.07, 6.45) is 2.16. The van der Waals surface area contributed by atoms with Gasteiger partial charge in [0.05, 0.1) is 0 Å². The molecule has 0 bridgehead atoms. The van der Waals surface area contributed by atoms with Gasteiger partial charge in [-0.05, 0) is 30.7 Å². The Morgan fingerprint density at radius 2 is 1.78 bits per heavy atom. The van der Waals surface area contributed by atoms with Crippen molar-refractivity contribution in [2.45, 2.75) is 26.4 Å². The highest BCUT2D eigenvalue weighted by molar-refractivity contribution is 7.17. The van der Waals surface area contributed by atoms with E-state index in [1.165, 1.54) is 11.3 Å². The lowest BCUT2D eigenvalue weighted by molar-refractivity contribution is 0.102. The Bertz CT molecular complexity index is 850. The third-order valence-corrected chi connectivity index (χ3v) is 4.91. The van der Waals surface area contributed by atoms with Crippen molar-refractivity contribution in [3.8, 4) is 5.75 Å². The molecule has 0 aliphatic heterocycles. The van der Waals surface area contributed by atoms with Crippen molar-refractivity contribution in [3.05, 3.63) is 71.2 Å². The number of aromatic nitrogens is 1. The number of para-hydroxylation sites is 2. The van der Waals surface area contributed by atoms with E-state index in [4.69, 9.17) is 4.74 Å². The molecule has 5 nitrogen and oxygen atoms in total. The molecule has 6 heteroatoms. The van der Waals surface area contributed by atoms with E-state index >= 15 is 0 Å². The second-order valence-electron chi connectivity index (χ2n) is 6.00. The van der Waals surface area contributed by atoms with Crippen LogP contribution in [0.15, 0.2) is 60.7 Å². The lowest BCUT2D eigenvalue weighted by atomic mass is 10.3. The van der Waals surface area contributed by atoms with Gasteiger partial charge in [0.2, 0.25) is 0 Å². The second kappa shape index (κ2) is 9.73. The molecule has 1 heterocycles. The number of nitrogens with zero attached hydrogens (tertiary/aromatic N) is 1. The number of benzene rings is 2. The summed E-state index contributed by atoms with van der Waals surface area (Å²) in [7, 11) is 0. The topological polar surface area (TPSA) is 63.3 Å². The van der Waals surface area contributed by atoms with Gasteiger partial charge in [-0.2, -0.15) is 0 Å². The van der Waals surface area contributed by atoms with Gasteiger partial charge in [-0.3, -0.25) is 4.79 Å². The van der Waals surface area contributed by atoms with E-state index in [-0.39, 0.29) is 12.5 Å². The highest BCUT2D eigenvalue weighted by Gasteiger charge is 2.19. The average Bonchev–Trinajstić information content (AvgIpc) is 3.11. The van der Waals surface area contributed by atoms with Crippen LogP contribution in [0.2, 0.25) is 0 Å².